The molecule has 0 aliphatic heterocycles. The summed E-state index contributed by atoms with van der Waals surface area (Å²) in [6.07, 6.45) is 17.0. The maximum absolute atomic E-state index is 12.5. The van der Waals surface area contributed by atoms with E-state index in [0.29, 0.717) is 13.0 Å². The molecule has 1 atom stereocenters. The molecule has 1 fully saturated rings. The highest BCUT2D eigenvalue weighted by atomic mass is 16.6. The Morgan fingerprint density at radius 1 is 1.04 bits per heavy atom. The minimum Gasteiger partial charge on any atom is -0.464 e. The molecule has 0 aromatic rings. The quantitative estimate of drug-likeness (QED) is 0.312. The van der Waals surface area contributed by atoms with Gasteiger partial charge in [0.05, 0.1) is 6.61 Å². The van der Waals surface area contributed by atoms with Gasteiger partial charge in [0.25, 0.3) is 0 Å². The Hall–Kier alpha value is -1.70. The molecule has 0 radical (unpaired) electrons. The molecule has 1 amide bonds. The van der Waals surface area contributed by atoms with Gasteiger partial charge in [-0.15, -0.1) is 12.3 Å². The molecule has 26 heavy (non-hydrogen) atoms. The lowest BCUT2D eigenvalue weighted by atomic mass is 9.84. The highest BCUT2D eigenvalue weighted by molar-refractivity contribution is 5.81. The van der Waals surface area contributed by atoms with Gasteiger partial charge in [0.2, 0.25) is 0 Å². The van der Waals surface area contributed by atoms with E-state index in [2.05, 4.69) is 18.2 Å². The normalized spacial score (nSPS) is 15.7. The van der Waals surface area contributed by atoms with E-state index in [1.54, 1.807) is 0 Å². The smallest absolute Gasteiger partial charge is 0.407 e. The predicted molar refractivity (Wildman–Crippen MR) is 103 cm³/mol. The van der Waals surface area contributed by atoms with Crippen molar-refractivity contribution in [2.24, 2.45) is 5.92 Å². The first-order chi connectivity index (χ1) is 12.7. The van der Waals surface area contributed by atoms with E-state index in [0.717, 1.165) is 38.5 Å². The Bertz CT molecular complexity index is 438. The van der Waals surface area contributed by atoms with Crippen molar-refractivity contribution in [2.75, 3.05) is 13.2 Å². The molecule has 5 heteroatoms. The molecule has 1 N–H and O–H groups in total. The highest BCUT2D eigenvalue weighted by Gasteiger charge is 2.32. The number of ether oxygens (including phenoxy) is 2. The van der Waals surface area contributed by atoms with Crippen LogP contribution in [0.3, 0.4) is 0 Å². The third-order valence-corrected chi connectivity index (χ3v) is 4.87. The lowest BCUT2D eigenvalue weighted by molar-refractivity contribution is -0.148. The van der Waals surface area contributed by atoms with Crippen molar-refractivity contribution >= 4 is 12.1 Å². The zero-order valence-corrected chi connectivity index (χ0v) is 16.3. The first kappa shape index (κ1) is 22.3. The van der Waals surface area contributed by atoms with Crippen molar-refractivity contribution in [3.05, 3.63) is 0 Å². The van der Waals surface area contributed by atoms with Crippen LogP contribution in [0.5, 0.6) is 0 Å². The van der Waals surface area contributed by atoms with Crippen LogP contribution in [0.15, 0.2) is 0 Å². The van der Waals surface area contributed by atoms with Gasteiger partial charge in [0.1, 0.15) is 12.6 Å². The monoisotopic (exact) mass is 365 g/mol. The van der Waals surface area contributed by atoms with Gasteiger partial charge < -0.3 is 14.8 Å². The lowest BCUT2D eigenvalue weighted by Crippen LogP contribution is -2.47. The van der Waals surface area contributed by atoms with E-state index in [4.69, 9.17) is 15.9 Å². The van der Waals surface area contributed by atoms with Crippen LogP contribution in [-0.4, -0.2) is 31.3 Å². The number of hydrogen-bond acceptors (Lipinski definition) is 4. The number of nitrogens with one attached hydrogen (secondary N) is 1. The topological polar surface area (TPSA) is 64.6 Å². The summed E-state index contributed by atoms with van der Waals surface area (Å²) >= 11 is 0. The summed E-state index contributed by atoms with van der Waals surface area (Å²) in [7, 11) is 0. The Morgan fingerprint density at radius 2 is 1.73 bits per heavy atom. The van der Waals surface area contributed by atoms with E-state index < -0.39 is 12.1 Å². The number of hydrogen-bond donors (Lipinski definition) is 1. The van der Waals surface area contributed by atoms with E-state index in [9.17, 15) is 9.59 Å². The Labute approximate surface area is 158 Å². The van der Waals surface area contributed by atoms with Gasteiger partial charge >= 0.3 is 12.1 Å². The molecule has 1 aliphatic rings. The maximum atomic E-state index is 12.5. The third-order valence-electron chi connectivity index (χ3n) is 4.87. The molecule has 0 aromatic carbocycles. The van der Waals surface area contributed by atoms with Crippen LogP contribution < -0.4 is 5.32 Å². The zero-order valence-electron chi connectivity index (χ0n) is 16.3. The van der Waals surface area contributed by atoms with Crippen LogP contribution in [0.1, 0.15) is 84.0 Å². The molecule has 5 nitrogen and oxygen atoms in total. The van der Waals surface area contributed by atoms with Crippen molar-refractivity contribution in [1.82, 2.24) is 5.32 Å². The van der Waals surface area contributed by atoms with Crippen LogP contribution in [0.2, 0.25) is 0 Å². The number of terminal acetylenes is 1. The molecule has 0 heterocycles. The summed E-state index contributed by atoms with van der Waals surface area (Å²) in [6, 6.07) is -0.617. The van der Waals surface area contributed by atoms with E-state index in [1.165, 1.54) is 32.1 Å². The van der Waals surface area contributed by atoms with Gasteiger partial charge in [-0.1, -0.05) is 58.3 Å². The molecule has 1 rings (SSSR count). The number of alkyl carbamates (subject to hydrolysis) is 1. The summed E-state index contributed by atoms with van der Waals surface area (Å²) < 4.78 is 10.5. The van der Waals surface area contributed by atoms with Crippen molar-refractivity contribution in [3.8, 4) is 12.3 Å². The average Bonchev–Trinajstić information content (AvgIpc) is 2.66. The molecule has 1 saturated carbocycles. The lowest BCUT2D eigenvalue weighted by Gasteiger charge is -2.29. The van der Waals surface area contributed by atoms with Crippen LogP contribution in [0.25, 0.3) is 0 Å². The number of unbranched alkanes of at least 4 members (excludes halogenated alkanes) is 5. The number of amides is 1. The number of rotatable bonds is 12. The van der Waals surface area contributed by atoms with Crippen molar-refractivity contribution in [2.45, 2.75) is 90.0 Å². The molecular weight excluding hydrogens is 330 g/mol. The minimum atomic E-state index is -0.617. The van der Waals surface area contributed by atoms with Crippen LogP contribution in [-0.2, 0) is 14.3 Å². The van der Waals surface area contributed by atoms with Gasteiger partial charge in [-0.25, -0.2) is 9.59 Å². The second-order valence-corrected chi connectivity index (χ2v) is 7.05. The zero-order chi connectivity index (χ0) is 19.0. The summed E-state index contributed by atoms with van der Waals surface area (Å²) in [5.41, 5.74) is 0. The highest BCUT2D eigenvalue weighted by Crippen LogP contribution is 2.27. The number of esters is 1. The van der Waals surface area contributed by atoms with Crippen LogP contribution >= 0.6 is 0 Å². The number of carbonyl (C=O) groups is 2. The molecule has 0 bridgehead atoms. The van der Waals surface area contributed by atoms with E-state index >= 15 is 0 Å². The largest absolute Gasteiger partial charge is 0.464 e. The summed E-state index contributed by atoms with van der Waals surface area (Å²) in [5, 5.41) is 2.71. The molecule has 1 aliphatic carbocycles. The molecule has 0 saturated heterocycles. The van der Waals surface area contributed by atoms with Gasteiger partial charge in [-0.05, 0) is 25.2 Å². The Morgan fingerprint density at radius 3 is 2.42 bits per heavy atom. The van der Waals surface area contributed by atoms with E-state index in [1.807, 2.05) is 0 Å². The van der Waals surface area contributed by atoms with Gasteiger partial charge in [0, 0.05) is 6.42 Å². The molecule has 1 unspecified atom stereocenters. The second-order valence-electron chi connectivity index (χ2n) is 7.05. The minimum absolute atomic E-state index is 0.126. The van der Waals surface area contributed by atoms with Crippen LogP contribution in [0.4, 0.5) is 4.79 Å². The van der Waals surface area contributed by atoms with E-state index in [-0.39, 0.29) is 18.5 Å². The molecule has 0 spiro atoms. The fraction of sp³-hybridized carbons (Fsp3) is 0.810. The molecule has 0 aromatic heterocycles. The van der Waals surface area contributed by atoms with Gasteiger partial charge in [-0.3, -0.25) is 0 Å². The predicted octanol–water partition coefficient (Wildman–Crippen LogP) is 4.59. The molecular formula is C21H35NO4. The second kappa shape index (κ2) is 14.5. The summed E-state index contributed by atoms with van der Waals surface area (Å²) in [4.78, 5) is 24.5. The standard InChI is InChI=1S/C21H35NO4/c1-3-5-7-8-9-13-17-25-20(23)19(18-14-11-10-12-15-18)22-21(24)26-16-6-4-2/h2,18-19H,3,5-17H2,1H3,(H,22,24). The molecule has 148 valence electrons. The first-order valence-corrected chi connectivity index (χ1v) is 10.2. The first-order valence-electron chi connectivity index (χ1n) is 10.2. The van der Waals surface area contributed by atoms with Crippen molar-refractivity contribution < 1.29 is 19.1 Å². The fourth-order valence-corrected chi connectivity index (χ4v) is 3.35. The van der Waals surface area contributed by atoms with Crippen molar-refractivity contribution in [1.29, 1.82) is 0 Å². The van der Waals surface area contributed by atoms with Crippen LogP contribution in [0, 0.1) is 18.3 Å². The third kappa shape index (κ3) is 9.70. The number of carbonyl (C=O) groups excluding carboxylic acids is 2. The fourth-order valence-electron chi connectivity index (χ4n) is 3.35. The maximum Gasteiger partial charge on any atom is 0.407 e. The Balaban J connectivity index is 2.40. The Kier molecular flexibility index (Phi) is 12.4. The van der Waals surface area contributed by atoms with Gasteiger partial charge in [-0.2, -0.15) is 0 Å². The van der Waals surface area contributed by atoms with Crippen molar-refractivity contribution in [3.63, 3.8) is 0 Å². The summed E-state index contributed by atoms with van der Waals surface area (Å²) in [6.45, 7) is 2.77. The average molecular weight is 366 g/mol. The van der Waals surface area contributed by atoms with Gasteiger partial charge in [0.15, 0.2) is 0 Å². The SMILES string of the molecule is C#CCCOC(=O)NC(C(=O)OCCCCCCCC)C1CCCCC1. The summed E-state index contributed by atoms with van der Waals surface area (Å²) in [5.74, 6) is 2.21.